The molecule has 0 saturated carbocycles. The van der Waals surface area contributed by atoms with Crippen molar-refractivity contribution in [1.82, 2.24) is 14.1 Å². The third kappa shape index (κ3) is 3.14. The maximum Gasteiger partial charge on any atom is 0.420 e. The molecule has 0 saturated heterocycles. The summed E-state index contributed by atoms with van der Waals surface area (Å²) in [4.78, 5) is 17.0. The number of pyridine rings is 1. The molecule has 3 heterocycles. The molecule has 0 atom stereocenters. The highest BCUT2D eigenvalue weighted by Gasteiger charge is 2.21. The Kier molecular flexibility index (Phi) is 3.91. The van der Waals surface area contributed by atoms with Gasteiger partial charge in [0.1, 0.15) is 11.2 Å². The van der Waals surface area contributed by atoms with Crippen molar-refractivity contribution in [2.75, 3.05) is 5.73 Å². The van der Waals surface area contributed by atoms with Crippen LogP contribution in [0.4, 0.5) is 10.5 Å². The van der Waals surface area contributed by atoms with E-state index in [9.17, 15) is 4.79 Å². The molecule has 27 heavy (non-hydrogen) atoms. The van der Waals surface area contributed by atoms with E-state index in [0.29, 0.717) is 12.2 Å². The zero-order valence-corrected chi connectivity index (χ0v) is 15.6. The fourth-order valence-electron chi connectivity index (χ4n) is 3.27. The molecule has 6 nitrogen and oxygen atoms in total. The molecule has 3 aromatic heterocycles. The molecule has 4 rings (SSSR count). The number of carbonyl (C=O) groups is 1. The van der Waals surface area contributed by atoms with Crippen molar-refractivity contribution >= 4 is 33.7 Å². The van der Waals surface area contributed by atoms with Crippen LogP contribution in [-0.4, -0.2) is 25.8 Å². The second kappa shape index (κ2) is 6.16. The van der Waals surface area contributed by atoms with Gasteiger partial charge in [-0.2, -0.15) is 0 Å². The van der Waals surface area contributed by atoms with E-state index in [4.69, 9.17) is 10.5 Å². The van der Waals surface area contributed by atoms with Gasteiger partial charge >= 0.3 is 6.09 Å². The number of nitrogens with two attached hydrogens (primary N) is 1. The molecule has 2 N–H and O–H groups in total. The Labute approximate surface area is 157 Å². The number of hydrogen-bond acceptors (Lipinski definition) is 4. The number of benzene rings is 1. The number of anilines is 1. The van der Waals surface area contributed by atoms with E-state index in [0.717, 1.165) is 27.5 Å². The highest BCUT2D eigenvalue weighted by molar-refractivity contribution is 5.92. The number of rotatable bonds is 2. The van der Waals surface area contributed by atoms with Gasteiger partial charge in [0, 0.05) is 41.6 Å². The smallest absolute Gasteiger partial charge is 0.420 e. The molecular formula is C21H22N4O2. The van der Waals surface area contributed by atoms with Crippen LogP contribution < -0.4 is 5.73 Å². The third-order valence-electron chi connectivity index (χ3n) is 4.42. The van der Waals surface area contributed by atoms with Crippen LogP contribution in [0.5, 0.6) is 0 Å². The van der Waals surface area contributed by atoms with E-state index in [1.54, 1.807) is 6.20 Å². The minimum absolute atomic E-state index is 0.431. The van der Waals surface area contributed by atoms with Gasteiger partial charge in [0.2, 0.25) is 0 Å². The van der Waals surface area contributed by atoms with Gasteiger partial charge in [-0.25, -0.2) is 14.3 Å². The molecule has 0 spiro atoms. The molecule has 0 aliphatic rings. The Morgan fingerprint density at radius 2 is 1.96 bits per heavy atom. The van der Waals surface area contributed by atoms with Crippen molar-refractivity contribution < 1.29 is 9.53 Å². The van der Waals surface area contributed by atoms with Crippen LogP contribution in [0.2, 0.25) is 0 Å². The van der Waals surface area contributed by atoms with E-state index in [-0.39, 0.29) is 0 Å². The number of carbonyl (C=O) groups excluding carboxylic acids is 1. The van der Waals surface area contributed by atoms with Gasteiger partial charge in [-0.3, -0.25) is 0 Å². The lowest BCUT2D eigenvalue weighted by Gasteiger charge is -2.19. The van der Waals surface area contributed by atoms with Crippen molar-refractivity contribution in [3.05, 3.63) is 60.6 Å². The second-order valence-corrected chi connectivity index (χ2v) is 7.60. The Morgan fingerprint density at radius 1 is 1.15 bits per heavy atom. The first kappa shape index (κ1) is 17.1. The van der Waals surface area contributed by atoms with E-state index >= 15 is 0 Å². The van der Waals surface area contributed by atoms with Crippen molar-refractivity contribution in [2.24, 2.45) is 0 Å². The quantitative estimate of drug-likeness (QED) is 0.536. The minimum atomic E-state index is -0.573. The average molecular weight is 362 g/mol. The zero-order chi connectivity index (χ0) is 19.2. The summed E-state index contributed by atoms with van der Waals surface area (Å²) < 4.78 is 9.13. The number of hydrogen-bond donors (Lipinski definition) is 1. The van der Waals surface area contributed by atoms with Crippen LogP contribution in [0, 0.1) is 0 Å². The normalized spacial score (nSPS) is 12.0. The number of aromatic nitrogens is 3. The summed E-state index contributed by atoms with van der Waals surface area (Å²) in [6, 6.07) is 11.7. The molecule has 0 bridgehead atoms. The number of nitrogens with zero attached hydrogens (tertiary/aromatic N) is 3. The molecule has 0 amide bonds. The average Bonchev–Trinajstić information content (AvgIpc) is 3.17. The Bertz CT molecular complexity index is 1150. The Balaban J connectivity index is 1.78. The van der Waals surface area contributed by atoms with E-state index < -0.39 is 11.7 Å². The molecule has 0 aliphatic carbocycles. The van der Waals surface area contributed by atoms with Gasteiger partial charge < -0.3 is 15.0 Å². The van der Waals surface area contributed by atoms with Gasteiger partial charge in [0.15, 0.2) is 0 Å². The van der Waals surface area contributed by atoms with Gasteiger partial charge in [0.05, 0.1) is 5.52 Å². The van der Waals surface area contributed by atoms with Crippen LogP contribution in [0.1, 0.15) is 26.3 Å². The first-order valence-corrected chi connectivity index (χ1v) is 8.85. The zero-order valence-electron chi connectivity index (χ0n) is 15.6. The molecular weight excluding hydrogens is 340 g/mol. The fourth-order valence-corrected chi connectivity index (χ4v) is 3.27. The standard InChI is InChI=1S/C21H22N4O2/c1-21(2,3)27-20(26)25-13-14(15-6-5-10-23-19(15)25)12-24-11-9-16-17(22)7-4-8-18(16)24/h4-11,13H,12,22H2,1-3H3. The summed E-state index contributed by atoms with van der Waals surface area (Å²) >= 11 is 0. The third-order valence-corrected chi connectivity index (χ3v) is 4.42. The fraction of sp³-hybridized carbons (Fsp3) is 0.238. The van der Waals surface area contributed by atoms with Crippen LogP contribution in [0.15, 0.2) is 55.0 Å². The minimum Gasteiger partial charge on any atom is -0.443 e. The van der Waals surface area contributed by atoms with E-state index in [1.165, 1.54) is 4.57 Å². The van der Waals surface area contributed by atoms with E-state index in [1.807, 2.05) is 69.6 Å². The topological polar surface area (TPSA) is 75.1 Å². The summed E-state index contributed by atoms with van der Waals surface area (Å²) in [5.41, 5.74) is 8.89. The predicted octanol–water partition coefficient (Wildman–Crippen LogP) is 4.40. The Morgan fingerprint density at radius 3 is 2.74 bits per heavy atom. The van der Waals surface area contributed by atoms with Crippen LogP contribution >= 0.6 is 0 Å². The molecule has 4 aromatic rings. The van der Waals surface area contributed by atoms with Crippen LogP contribution in [-0.2, 0) is 11.3 Å². The highest BCUT2D eigenvalue weighted by atomic mass is 16.6. The molecule has 0 aliphatic heterocycles. The molecule has 138 valence electrons. The molecule has 0 unspecified atom stereocenters. The maximum absolute atomic E-state index is 12.6. The van der Waals surface area contributed by atoms with Crippen molar-refractivity contribution in [2.45, 2.75) is 32.9 Å². The first-order chi connectivity index (χ1) is 12.8. The van der Waals surface area contributed by atoms with Crippen molar-refractivity contribution in [3.8, 4) is 0 Å². The highest BCUT2D eigenvalue weighted by Crippen LogP contribution is 2.26. The first-order valence-electron chi connectivity index (χ1n) is 8.85. The van der Waals surface area contributed by atoms with Crippen molar-refractivity contribution in [1.29, 1.82) is 0 Å². The van der Waals surface area contributed by atoms with Gasteiger partial charge in [-0.15, -0.1) is 0 Å². The SMILES string of the molecule is CC(C)(C)OC(=O)n1cc(Cn2ccc3c(N)cccc32)c2cccnc21. The van der Waals surface area contributed by atoms with Gasteiger partial charge in [-0.05, 0) is 56.7 Å². The number of fused-ring (bicyclic) bond motifs is 2. The number of nitrogen functional groups attached to an aromatic ring is 1. The van der Waals surface area contributed by atoms with Gasteiger partial charge in [0.25, 0.3) is 0 Å². The second-order valence-electron chi connectivity index (χ2n) is 7.60. The van der Waals surface area contributed by atoms with Gasteiger partial charge in [-0.1, -0.05) is 6.07 Å². The maximum atomic E-state index is 12.6. The largest absolute Gasteiger partial charge is 0.443 e. The molecule has 0 radical (unpaired) electrons. The Hall–Kier alpha value is -3.28. The summed E-state index contributed by atoms with van der Waals surface area (Å²) in [6.07, 6.45) is 5.07. The summed E-state index contributed by atoms with van der Waals surface area (Å²) in [5.74, 6) is 0. The van der Waals surface area contributed by atoms with Crippen LogP contribution in [0.3, 0.4) is 0 Å². The summed E-state index contributed by atoms with van der Waals surface area (Å²) in [6.45, 7) is 6.15. The van der Waals surface area contributed by atoms with E-state index in [2.05, 4.69) is 9.55 Å². The lowest BCUT2D eigenvalue weighted by Crippen LogP contribution is -2.26. The number of ether oxygens (including phenoxy) is 1. The summed E-state index contributed by atoms with van der Waals surface area (Å²) in [7, 11) is 0. The molecule has 6 heteroatoms. The van der Waals surface area contributed by atoms with Crippen LogP contribution in [0.25, 0.3) is 21.9 Å². The summed E-state index contributed by atoms with van der Waals surface area (Å²) in [5, 5.41) is 1.95. The lowest BCUT2D eigenvalue weighted by atomic mass is 10.2. The molecule has 1 aromatic carbocycles. The van der Waals surface area contributed by atoms with Crippen molar-refractivity contribution in [3.63, 3.8) is 0 Å². The lowest BCUT2D eigenvalue weighted by molar-refractivity contribution is 0.0543. The molecule has 0 fully saturated rings. The monoisotopic (exact) mass is 362 g/mol. The predicted molar refractivity (Wildman–Crippen MR) is 107 cm³/mol.